The van der Waals surface area contributed by atoms with E-state index in [0.29, 0.717) is 23.6 Å². The van der Waals surface area contributed by atoms with Gasteiger partial charge in [-0.2, -0.15) is 0 Å². The van der Waals surface area contributed by atoms with Crippen molar-refractivity contribution in [1.29, 1.82) is 0 Å². The number of carbonyl (C=O) groups is 3. The molecule has 4 rings (SSSR count). The summed E-state index contributed by atoms with van der Waals surface area (Å²) in [6.45, 7) is 9.39. The van der Waals surface area contributed by atoms with E-state index in [1.807, 2.05) is 20.8 Å². The van der Waals surface area contributed by atoms with Crippen molar-refractivity contribution in [2.45, 2.75) is 55.2 Å². The molecule has 1 spiro atoms. The van der Waals surface area contributed by atoms with Gasteiger partial charge in [-0.25, -0.2) is 0 Å². The number of carbonyl (C=O) groups excluding carboxylic acids is 2. The third-order valence-electron chi connectivity index (χ3n) is 7.74. The molecule has 0 aliphatic carbocycles. The Hall–Kier alpha value is -2.03. The molecule has 0 aromatic heterocycles. The number of nitrogens with zero attached hydrogens (tertiary/aromatic N) is 2. The molecule has 1 aromatic carbocycles. The smallest absolute Gasteiger partial charge is 0.308 e. The van der Waals surface area contributed by atoms with Crippen molar-refractivity contribution < 1.29 is 24.6 Å². The number of hydrogen-bond acceptors (Lipinski definition) is 5. The number of thioether (sulfide) groups is 1. The summed E-state index contributed by atoms with van der Waals surface area (Å²) >= 11 is 7.54. The fourth-order valence-corrected chi connectivity index (χ4v) is 8.67. The highest BCUT2D eigenvalue weighted by atomic mass is 35.5. The van der Waals surface area contributed by atoms with E-state index in [1.165, 1.54) is 16.7 Å². The number of carboxylic acid groups (broad SMARTS) is 1. The summed E-state index contributed by atoms with van der Waals surface area (Å²) in [4.78, 5) is 43.7. The molecule has 0 saturated carbocycles. The van der Waals surface area contributed by atoms with Crippen molar-refractivity contribution in [2.75, 3.05) is 18.1 Å². The van der Waals surface area contributed by atoms with Gasteiger partial charge in [-0.05, 0) is 49.9 Å². The number of fused-ring (bicyclic) bond motifs is 1. The Kier molecular flexibility index (Phi) is 6.55. The van der Waals surface area contributed by atoms with Crippen LogP contribution in [0.4, 0.5) is 5.69 Å². The fourth-order valence-electron chi connectivity index (χ4n) is 6.22. The number of aliphatic hydroxyl groups excluding tert-OH is 1. The summed E-state index contributed by atoms with van der Waals surface area (Å²) in [7, 11) is 0. The zero-order valence-corrected chi connectivity index (χ0v) is 21.2. The number of aliphatic carboxylic acids is 1. The first-order chi connectivity index (χ1) is 16.0. The molecule has 3 heterocycles. The molecule has 3 aliphatic heterocycles. The standard InChI is InChI=1S/C25H31ClN2O5S/c1-5-12-27(16-8-6-15(26)7-9-16)22(31)20-25-11-10-24(4,34-25)19(23(32)33)18(25)21(30)28(20)17(13-29)14(2)3/h5-9,14,17-20,29H,1,10-13H2,2-4H3,(H,32,33)/t17-,18-,19-,20?,24+,25?/m0/s1. The Balaban J connectivity index is 1.86. The topological polar surface area (TPSA) is 98.2 Å². The van der Waals surface area contributed by atoms with Crippen LogP contribution in [0.1, 0.15) is 33.6 Å². The maximum absolute atomic E-state index is 14.3. The zero-order chi connectivity index (χ0) is 25.0. The summed E-state index contributed by atoms with van der Waals surface area (Å²) in [5, 5.41) is 20.9. The average molecular weight is 507 g/mol. The highest BCUT2D eigenvalue weighted by Gasteiger charge is 2.78. The van der Waals surface area contributed by atoms with Crippen molar-refractivity contribution >= 4 is 46.8 Å². The normalized spacial score (nSPS) is 32.7. The maximum atomic E-state index is 14.3. The van der Waals surface area contributed by atoms with Gasteiger partial charge >= 0.3 is 5.97 Å². The Morgan fingerprint density at radius 1 is 1.32 bits per heavy atom. The van der Waals surface area contributed by atoms with Crippen LogP contribution in [-0.2, 0) is 14.4 Å². The minimum Gasteiger partial charge on any atom is -0.481 e. The number of likely N-dealkylation sites (tertiary alicyclic amines) is 1. The molecule has 3 fully saturated rings. The molecule has 34 heavy (non-hydrogen) atoms. The van der Waals surface area contributed by atoms with E-state index >= 15 is 0 Å². The summed E-state index contributed by atoms with van der Waals surface area (Å²) < 4.78 is -1.48. The van der Waals surface area contributed by atoms with Crippen LogP contribution in [0.3, 0.4) is 0 Å². The van der Waals surface area contributed by atoms with Crippen LogP contribution in [0.2, 0.25) is 5.02 Å². The quantitative estimate of drug-likeness (QED) is 0.524. The Morgan fingerprint density at radius 2 is 1.97 bits per heavy atom. The first kappa shape index (κ1) is 25.1. The number of aliphatic hydroxyl groups is 1. The molecule has 2 N–H and O–H groups in total. The van der Waals surface area contributed by atoms with Gasteiger partial charge in [0.1, 0.15) is 6.04 Å². The maximum Gasteiger partial charge on any atom is 0.308 e. The lowest BCUT2D eigenvalue weighted by atomic mass is 9.66. The monoisotopic (exact) mass is 506 g/mol. The van der Waals surface area contributed by atoms with Gasteiger partial charge < -0.3 is 20.0 Å². The van der Waals surface area contributed by atoms with E-state index in [-0.39, 0.29) is 30.9 Å². The molecule has 2 unspecified atom stereocenters. The lowest BCUT2D eigenvalue weighted by Gasteiger charge is -2.40. The largest absolute Gasteiger partial charge is 0.481 e. The third-order valence-corrected chi connectivity index (χ3v) is 9.98. The fraction of sp³-hybridized carbons (Fsp3) is 0.560. The second kappa shape index (κ2) is 8.88. The van der Waals surface area contributed by atoms with Gasteiger partial charge in [0.15, 0.2) is 0 Å². The minimum absolute atomic E-state index is 0.121. The van der Waals surface area contributed by atoms with Crippen LogP contribution in [0.25, 0.3) is 0 Å². The molecule has 184 valence electrons. The van der Waals surface area contributed by atoms with E-state index in [9.17, 15) is 24.6 Å². The van der Waals surface area contributed by atoms with Gasteiger partial charge in [0.05, 0.1) is 29.2 Å². The van der Waals surface area contributed by atoms with Crippen molar-refractivity contribution in [2.24, 2.45) is 17.8 Å². The molecular formula is C25H31ClN2O5S. The molecule has 2 bridgehead atoms. The third kappa shape index (κ3) is 3.57. The summed E-state index contributed by atoms with van der Waals surface area (Å²) in [5.41, 5.74) is 0.616. The number of anilines is 1. The van der Waals surface area contributed by atoms with Crippen molar-refractivity contribution in [3.8, 4) is 0 Å². The summed E-state index contributed by atoms with van der Waals surface area (Å²) in [6.07, 6.45) is 2.80. The van der Waals surface area contributed by atoms with E-state index < -0.39 is 39.4 Å². The number of halogens is 1. The zero-order valence-electron chi connectivity index (χ0n) is 19.6. The van der Waals surface area contributed by atoms with Crippen LogP contribution in [-0.4, -0.2) is 67.6 Å². The van der Waals surface area contributed by atoms with E-state index in [4.69, 9.17) is 11.6 Å². The minimum atomic E-state index is -1.01. The lowest BCUT2D eigenvalue weighted by Crippen LogP contribution is -2.58. The van der Waals surface area contributed by atoms with Crippen molar-refractivity contribution in [3.05, 3.63) is 41.9 Å². The van der Waals surface area contributed by atoms with Crippen LogP contribution in [0, 0.1) is 17.8 Å². The Labute approximate surface area is 209 Å². The van der Waals surface area contributed by atoms with Gasteiger partial charge in [0.25, 0.3) is 5.91 Å². The van der Waals surface area contributed by atoms with Crippen LogP contribution >= 0.6 is 23.4 Å². The molecule has 7 nitrogen and oxygen atoms in total. The first-order valence-electron chi connectivity index (χ1n) is 11.6. The predicted octanol–water partition coefficient (Wildman–Crippen LogP) is 3.44. The molecule has 3 aliphatic rings. The molecule has 0 radical (unpaired) electrons. The highest BCUT2D eigenvalue weighted by Crippen LogP contribution is 2.71. The second-order valence-corrected chi connectivity index (χ2v) is 12.4. The van der Waals surface area contributed by atoms with Gasteiger partial charge in [-0.15, -0.1) is 18.3 Å². The van der Waals surface area contributed by atoms with Gasteiger partial charge in [-0.3, -0.25) is 14.4 Å². The SMILES string of the molecule is C=CCN(C(=O)C1N([C@@H](CO)C(C)C)C(=O)[C@@H]2[C@@H](C(=O)O)[C@@]3(C)CCC12S3)c1ccc(Cl)cc1. The van der Waals surface area contributed by atoms with Crippen LogP contribution in [0.5, 0.6) is 0 Å². The van der Waals surface area contributed by atoms with E-state index in [2.05, 4.69) is 6.58 Å². The molecule has 3 saturated heterocycles. The van der Waals surface area contributed by atoms with Crippen LogP contribution < -0.4 is 4.90 Å². The van der Waals surface area contributed by atoms with Gasteiger partial charge in [-0.1, -0.05) is 31.5 Å². The van der Waals surface area contributed by atoms with Crippen molar-refractivity contribution in [3.63, 3.8) is 0 Å². The number of carboxylic acids is 1. The summed E-state index contributed by atoms with van der Waals surface area (Å²) in [5.74, 6) is -3.46. The Bertz CT molecular complexity index is 1020. The van der Waals surface area contributed by atoms with Gasteiger partial charge in [0.2, 0.25) is 5.91 Å². The number of benzene rings is 1. The van der Waals surface area contributed by atoms with E-state index in [1.54, 1.807) is 35.2 Å². The number of amides is 2. The predicted molar refractivity (Wildman–Crippen MR) is 133 cm³/mol. The van der Waals surface area contributed by atoms with Crippen molar-refractivity contribution in [1.82, 2.24) is 4.90 Å². The highest BCUT2D eigenvalue weighted by molar-refractivity contribution is 8.02. The number of rotatable bonds is 8. The lowest BCUT2D eigenvalue weighted by molar-refractivity contribution is -0.151. The van der Waals surface area contributed by atoms with E-state index in [0.717, 1.165) is 0 Å². The second-order valence-electron chi connectivity index (χ2n) is 10.0. The summed E-state index contributed by atoms with van der Waals surface area (Å²) in [6, 6.07) is 5.39. The molecule has 6 atom stereocenters. The molecular weight excluding hydrogens is 476 g/mol. The average Bonchev–Trinajstić information content (AvgIpc) is 3.34. The molecule has 9 heteroatoms. The molecule has 2 amide bonds. The first-order valence-corrected chi connectivity index (χ1v) is 12.8. The number of hydrogen-bond donors (Lipinski definition) is 2. The van der Waals surface area contributed by atoms with Crippen LogP contribution in [0.15, 0.2) is 36.9 Å². The molecule has 1 aromatic rings. The van der Waals surface area contributed by atoms with Gasteiger partial charge in [0, 0.05) is 22.0 Å². The Morgan fingerprint density at radius 3 is 2.50 bits per heavy atom.